The molecule has 1 heterocycles. The summed E-state index contributed by atoms with van der Waals surface area (Å²) < 4.78 is 0. The lowest BCUT2D eigenvalue weighted by Gasteiger charge is -2.21. The molecule has 102 valence electrons. The third-order valence-corrected chi connectivity index (χ3v) is 4.15. The van der Waals surface area contributed by atoms with Gasteiger partial charge >= 0.3 is 0 Å². The maximum absolute atomic E-state index is 11.9. The monoisotopic (exact) mass is 285 g/mol. The predicted octanol–water partition coefficient (Wildman–Crippen LogP) is 3.99. The van der Waals surface area contributed by atoms with Crippen molar-refractivity contribution in [2.45, 2.75) is 25.3 Å². The highest BCUT2D eigenvalue weighted by Crippen LogP contribution is 2.39. The lowest BCUT2D eigenvalue weighted by atomic mass is 9.85. The Morgan fingerprint density at radius 3 is 2.60 bits per heavy atom. The van der Waals surface area contributed by atoms with Gasteiger partial charge in [-0.1, -0.05) is 48.0 Å². The van der Waals surface area contributed by atoms with Gasteiger partial charge in [0.15, 0.2) is 0 Å². The first-order valence-electron chi connectivity index (χ1n) is 6.75. The molecule has 2 atom stereocenters. The first-order valence-corrected chi connectivity index (χ1v) is 7.13. The van der Waals surface area contributed by atoms with Gasteiger partial charge in [-0.05, 0) is 35.7 Å². The second-order valence-electron chi connectivity index (χ2n) is 5.27. The van der Waals surface area contributed by atoms with Crippen LogP contribution in [0.25, 0.3) is 0 Å². The molecule has 0 saturated carbocycles. The number of hydrogen-bond acceptors (Lipinski definition) is 1. The van der Waals surface area contributed by atoms with Gasteiger partial charge in [-0.25, -0.2) is 0 Å². The molecule has 1 aliphatic heterocycles. The largest absolute Gasteiger partial charge is 0.349 e. The van der Waals surface area contributed by atoms with Crippen molar-refractivity contribution in [3.63, 3.8) is 0 Å². The number of carbonyl (C=O) groups is 1. The van der Waals surface area contributed by atoms with Crippen molar-refractivity contribution in [3.8, 4) is 0 Å². The number of nitrogens with one attached hydrogen (secondary N) is 1. The minimum Gasteiger partial charge on any atom is -0.349 e. The number of hydrogen-bond donors (Lipinski definition) is 1. The lowest BCUT2D eigenvalue weighted by molar-refractivity contribution is -0.119. The Kier molecular flexibility index (Phi) is 3.49. The number of benzene rings is 2. The molecule has 0 radical (unpaired) electrons. The van der Waals surface area contributed by atoms with E-state index in [2.05, 4.69) is 17.4 Å². The summed E-state index contributed by atoms with van der Waals surface area (Å²) in [6.45, 7) is 2.05. The van der Waals surface area contributed by atoms with Gasteiger partial charge in [0.25, 0.3) is 0 Å². The van der Waals surface area contributed by atoms with E-state index in [4.69, 9.17) is 11.6 Å². The van der Waals surface area contributed by atoms with E-state index in [9.17, 15) is 4.79 Å². The van der Waals surface area contributed by atoms with Crippen LogP contribution < -0.4 is 5.32 Å². The van der Waals surface area contributed by atoms with Crippen LogP contribution in [0.4, 0.5) is 0 Å². The van der Waals surface area contributed by atoms with Crippen LogP contribution in [0, 0.1) is 6.92 Å². The van der Waals surface area contributed by atoms with Crippen molar-refractivity contribution >= 4 is 17.5 Å². The van der Waals surface area contributed by atoms with Crippen molar-refractivity contribution in [2.75, 3.05) is 0 Å². The SMILES string of the molecule is Cc1cc(Cl)ccc1C1CC(=O)NC1c1ccccc1. The van der Waals surface area contributed by atoms with Gasteiger partial charge in [0.2, 0.25) is 5.91 Å². The molecule has 0 aliphatic carbocycles. The van der Waals surface area contributed by atoms with Crippen LogP contribution in [0.3, 0.4) is 0 Å². The molecule has 1 N–H and O–H groups in total. The van der Waals surface area contributed by atoms with E-state index in [1.54, 1.807) is 0 Å². The van der Waals surface area contributed by atoms with Crippen LogP contribution in [0.5, 0.6) is 0 Å². The highest BCUT2D eigenvalue weighted by Gasteiger charge is 2.35. The molecule has 2 aromatic rings. The summed E-state index contributed by atoms with van der Waals surface area (Å²) in [5, 5.41) is 3.82. The van der Waals surface area contributed by atoms with Crippen molar-refractivity contribution in [2.24, 2.45) is 0 Å². The Morgan fingerprint density at radius 2 is 1.90 bits per heavy atom. The maximum atomic E-state index is 11.9. The van der Waals surface area contributed by atoms with E-state index in [1.165, 1.54) is 5.56 Å². The van der Waals surface area contributed by atoms with E-state index in [0.29, 0.717) is 6.42 Å². The fourth-order valence-corrected chi connectivity index (χ4v) is 3.20. The fourth-order valence-electron chi connectivity index (χ4n) is 2.97. The molecule has 0 spiro atoms. The summed E-state index contributed by atoms with van der Waals surface area (Å²) in [6.07, 6.45) is 0.530. The highest BCUT2D eigenvalue weighted by molar-refractivity contribution is 6.30. The molecule has 0 aromatic heterocycles. The first-order chi connectivity index (χ1) is 9.65. The molecule has 0 bridgehead atoms. The zero-order chi connectivity index (χ0) is 14.1. The van der Waals surface area contributed by atoms with E-state index in [-0.39, 0.29) is 17.9 Å². The molecule has 2 aromatic carbocycles. The Balaban J connectivity index is 2.00. The van der Waals surface area contributed by atoms with E-state index in [1.807, 2.05) is 43.3 Å². The summed E-state index contributed by atoms with van der Waals surface area (Å²) in [5.41, 5.74) is 3.49. The van der Waals surface area contributed by atoms with E-state index in [0.717, 1.165) is 16.1 Å². The molecule has 3 rings (SSSR count). The Morgan fingerprint density at radius 1 is 1.15 bits per heavy atom. The van der Waals surface area contributed by atoms with Crippen molar-refractivity contribution in [1.82, 2.24) is 5.32 Å². The summed E-state index contributed by atoms with van der Waals surface area (Å²) in [4.78, 5) is 11.9. The minimum atomic E-state index is 0.0450. The van der Waals surface area contributed by atoms with Crippen LogP contribution in [-0.2, 0) is 4.79 Å². The Hall–Kier alpha value is -1.80. The second-order valence-corrected chi connectivity index (χ2v) is 5.70. The van der Waals surface area contributed by atoms with Gasteiger partial charge in [-0.3, -0.25) is 4.79 Å². The lowest BCUT2D eigenvalue weighted by Crippen LogP contribution is -2.20. The minimum absolute atomic E-state index is 0.0450. The fraction of sp³-hybridized carbons (Fsp3) is 0.235. The molecule has 1 aliphatic rings. The number of carbonyl (C=O) groups excluding carboxylic acids is 1. The first kappa shape index (κ1) is 13.2. The molecular weight excluding hydrogens is 270 g/mol. The van der Waals surface area contributed by atoms with Crippen LogP contribution in [0.2, 0.25) is 5.02 Å². The Bertz CT molecular complexity index is 639. The Labute approximate surface area is 123 Å². The van der Waals surface area contributed by atoms with Crippen molar-refractivity contribution in [1.29, 1.82) is 0 Å². The summed E-state index contributed by atoms with van der Waals surface area (Å²) in [5.74, 6) is 0.278. The summed E-state index contributed by atoms with van der Waals surface area (Å²) in [6, 6.07) is 16.1. The highest BCUT2D eigenvalue weighted by atomic mass is 35.5. The molecule has 1 fully saturated rings. The van der Waals surface area contributed by atoms with E-state index >= 15 is 0 Å². The molecular formula is C17H16ClNO. The predicted molar refractivity (Wildman–Crippen MR) is 80.9 cm³/mol. The summed E-state index contributed by atoms with van der Waals surface area (Å²) >= 11 is 6.02. The number of rotatable bonds is 2. The van der Waals surface area contributed by atoms with Crippen LogP contribution >= 0.6 is 11.6 Å². The quantitative estimate of drug-likeness (QED) is 0.888. The third kappa shape index (κ3) is 2.44. The number of aryl methyl sites for hydroxylation is 1. The molecule has 1 saturated heterocycles. The zero-order valence-corrected chi connectivity index (χ0v) is 12.0. The van der Waals surface area contributed by atoms with Crippen molar-refractivity contribution < 1.29 is 4.79 Å². The number of amides is 1. The van der Waals surface area contributed by atoms with Crippen LogP contribution in [0.15, 0.2) is 48.5 Å². The molecule has 3 heteroatoms. The van der Waals surface area contributed by atoms with Crippen LogP contribution in [0.1, 0.15) is 35.1 Å². The molecule has 2 nitrogen and oxygen atoms in total. The third-order valence-electron chi connectivity index (χ3n) is 3.91. The normalized spacial score (nSPS) is 21.8. The smallest absolute Gasteiger partial charge is 0.221 e. The average Bonchev–Trinajstić information content (AvgIpc) is 2.81. The van der Waals surface area contributed by atoms with Gasteiger partial charge in [-0.15, -0.1) is 0 Å². The van der Waals surface area contributed by atoms with Gasteiger partial charge in [0.05, 0.1) is 6.04 Å². The average molecular weight is 286 g/mol. The van der Waals surface area contributed by atoms with E-state index < -0.39 is 0 Å². The van der Waals surface area contributed by atoms with Gasteiger partial charge in [0, 0.05) is 17.4 Å². The molecule has 20 heavy (non-hydrogen) atoms. The number of halogens is 1. The topological polar surface area (TPSA) is 29.1 Å². The molecule has 2 unspecified atom stereocenters. The van der Waals surface area contributed by atoms with Gasteiger partial charge < -0.3 is 5.32 Å². The zero-order valence-electron chi connectivity index (χ0n) is 11.3. The molecule has 1 amide bonds. The van der Waals surface area contributed by atoms with Crippen LogP contribution in [-0.4, -0.2) is 5.91 Å². The standard InChI is InChI=1S/C17H16ClNO/c1-11-9-13(18)7-8-14(11)15-10-16(20)19-17(15)12-5-3-2-4-6-12/h2-9,15,17H,10H2,1H3,(H,19,20). The maximum Gasteiger partial charge on any atom is 0.221 e. The second kappa shape index (κ2) is 5.29. The van der Waals surface area contributed by atoms with Gasteiger partial charge in [-0.2, -0.15) is 0 Å². The summed E-state index contributed by atoms with van der Waals surface area (Å²) in [7, 11) is 0. The van der Waals surface area contributed by atoms with Gasteiger partial charge in [0.1, 0.15) is 0 Å². The van der Waals surface area contributed by atoms with Crippen molar-refractivity contribution in [3.05, 3.63) is 70.2 Å².